The fraction of sp³-hybridized carbons (Fsp3) is 0.537. The number of aliphatic carboxylic acids is 2. The van der Waals surface area contributed by atoms with Crippen LogP contribution in [0, 0.1) is 17.8 Å². The predicted octanol–water partition coefficient (Wildman–Crippen LogP) is -7.78. The summed E-state index contributed by atoms with van der Waals surface area (Å²) in [6.07, 6.45) is -6.02. The number of aliphatic hydroxyl groups excluding tert-OH is 2. The van der Waals surface area contributed by atoms with Gasteiger partial charge < -0.3 is 134 Å². The van der Waals surface area contributed by atoms with Crippen LogP contribution in [0.15, 0.2) is 84.9 Å². The largest absolute Gasteiger partial charge is 0.508 e. The van der Waals surface area contributed by atoms with Crippen molar-refractivity contribution < 1.29 is 121 Å². The van der Waals surface area contributed by atoms with Crippen LogP contribution in [0.3, 0.4) is 0 Å². The fourth-order valence-electron chi connectivity index (χ4n) is 13.1. The quantitative estimate of drug-likeness (QED) is 0.0233. The number of carbonyl (C=O) groups is 20. The fourth-order valence-corrected chi connectivity index (χ4v) is 13.1. The van der Waals surface area contributed by atoms with Crippen molar-refractivity contribution in [2.75, 3.05) is 26.2 Å². The van der Waals surface area contributed by atoms with Crippen LogP contribution in [0.2, 0.25) is 0 Å². The molecule has 0 spiro atoms. The molecule has 16 atom stereocenters. The minimum atomic E-state index is -2.04. The maximum atomic E-state index is 14.8. The van der Waals surface area contributed by atoms with E-state index in [1.165, 1.54) is 46.8 Å². The smallest absolute Gasteiger partial charge is 0.305 e. The lowest BCUT2D eigenvalue weighted by molar-refractivity contribution is -0.144. The first-order valence-corrected chi connectivity index (χ1v) is 41.2. The lowest BCUT2D eigenvalue weighted by atomic mass is 9.99. The van der Waals surface area contributed by atoms with E-state index < -0.39 is 278 Å². The van der Waals surface area contributed by atoms with Gasteiger partial charge in [0.15, 0.2) is 0 Å². The van der Waals surface area contributed by atoms with Gasteiger partial charge in [-0.2, -0.15) is 0 Å². The lowest BCUT2D eigenvalue weighted by Gasteiger charge is -2.33. The zero-order valence-corrected chi connectivity index (χ0v) is 71.8. The van der Waals surface area contributed by atoms with E-state index in [0.29, 0.717) is 23.1 Å². The molecule has 4 rings (SSSR count). The first kappa shape index (κ1) is 106. The molecular weight excluding hydrogens is 1670 g/mol. The van der Waals surface area contributed by atoms with Gasteiger partial charge >= 0.3 is 11.9 Å². The number of phenols is 1. The zero-order valence-electron chi connectivity index (χ0n) is 71.8. The molecule has 3 aromatic rings. The molecule has 1 fully saturated rings. The number of hydrogen-bond donors (Lipinski definition) is 24. The van der Waals surface area contributed by atoms with Crippen molar-refractivity contribution in [1.82, 2.24) is 79.3 Å². The highest BCUT2D eigenvalue weighted by molar-refractivity contribution is 6.02. The van der Waals surface area contributed by atoms with Gasteiger partial charge in [-0.05, 0) is 112 Å². The summed E-state index contributed by atoms with van der Waals surface area (Å²) < 4.78 is 0. The Morgan fingerprint density at radius 3 is 1.35 bits per heavy atom. The molecular formula is C82H120N20O25. The number of aliphatic hydroxyl groups is 2. The Bertz CT molecular complexity index is 4350. The number of primary amides is 3. The van der Waals surface area contributed by atoms with E-state index in [-0.39, 0.29) is 63.8 Å². The number of carboxylic acids is 2. The molecule has 0 bridgehead atoms. The minimum Gasteiger partial charge on any atom is -0.508 e. The maximum Gasteiger partial charge on any atom is 0.305 e. The number of likely N-dealkylation sites (tertiary alicyclic amines) is 1. The number of unbranched alkanes of at least 4 members (excludes halogenated alkanes) is 1. The van der Waals surface area contributed by atoms with Gasteiger partial charge in [-0.25, -0.2) is 0 Å². The molecule has 18 amide bonds. The van der Waals surface area contributed by atoms with Gasteiger partial charge in [-0.15, -0.1) is 0 Å². The molecule has 3 aromatic carbocycles. The van der Waals surface area contributed by atoms with Crippen LogP contribution in [0.5, 0.6) is 5.75 Å². The number of phenolic OH excluding ortho intramolecular Hbond substituents is 1. The van der Waals surface area contributed by atoms with Crippen LogP contribution < -0.4 is 103 Å². The van der Waals surface area contributed by atoms with E-state index in [0.717, 1.165) is 11.8 Å². The van der Waals surface area contributed by atoms with Crippen LogP contribution in [-0.4, -0.2) is 272 Å². The van der Waals surface area contributed by atoms with Crippen LogP contribution in [0.25, 0.3) is 0 Å². The molecule has 1 aliphatic rings. The first-order chi connectivity index (χ1) is 59.7. The number of amides is 18. The minimum absolute atomic E-state index is 0.00928. The molecule has 698 valence electrons. The predicted molar refractivity (Wildman–Crippen MR) is 451 cm³/mol. The lowest BCUT2D eigenvalue weighted by Crippen LogP contribution is -2.62. The van der Waals surface area contributed by atoms with Gasteiger partial charge in [0.1, 0.15) is 90.3 Å². The highest BCUT2D eigenvalue weighted by Gasteiger charge is 2.44. The van der Waals surface area contributed by atoms with Crippen LogP contribution >= 0.6 is 0 Å². The normalized spacial score (nSPS) is 15.9. The maximum absolute atomic E-state index is 14.8. The summed E-state index contributed by atoms with van der Waals surface area (Å²) in [4.78, 5) is 272. The van der Waals surface area contributed by atoms with E-state index >= 15 is 0 Å². The van der Waals surface area contributed by atoms with Gasteiger partial charge in [-0.3, -0.25) is 95.9 Å². The Morgan fingerprint density at radius 1 is 0.425 bits per heavy atom. The molecule has 0 aliphatic carbocycles. The summed E-state index contributed by atoms with van der Waals surface area (Å²) in [6.45, 7) is 9.32. The summed E-state index contributed by atoms with van der Waals surface area (Å²) >= 11 is 0. The van der Waals surface area contributed by atoms with Crippen molar-refractivity contribution in [3.63, 3.8) is 0 Å². The Hall–Kier alpha value is -13.3. The zero-order chi connectivity index (χ0) is 95.2. The Kier molecular flexibility index (Phi) is 43.8. The van der Waals surface area contributed by atoms with E-state index in [1.807, 2.05) is 0 Å². The topological polar surface area (TPSA) is 744 Å². The van der Waals surface area contributed by atoms with Crippen molar-refractivity contribution in [3.8, 4) is 5.75 Å². The molecule has 1 aliphatic heterocycles. The standard InChI is InChI=1S/C82H120N20O25/c1-40(2)64(79(124)88-38-61(108)90-57(39-103)77(122)91-51(28-29-62(109)110)71(116)89-43(7)69(114)93-52(68(87)113)33-45-18-11-9-12-19-45)99-76(121)55(36-60(86)107)97-81(126)67(44(8)104)101-78(123)58-23-17-31-102(58)82(127)66(42(5)6)100-75(120)53(34-46-20-13-10-14-21-46)94-73(118)54(35-59(85)106)95-74(119)56(37-63(111)112)96-72(117)50(22-15-16-30-83)92-80(125)65(41(3)4)98-70(115)49(84)32-47-24-26-48(105)27-25-47/h9-14,18-21,24-27,40-44,49-58,64-67,103-105H,15-17,22-23,28-39,83-84H2,1-8H3,(H2,85,106)(H2,86,107)(H2,87,113)(H,88,124)(H,89,116)(H,90,108)(H,91,122)(H,92,125)(H,93,114)(H,94,118)(H,95,119)(H,96,117)(H,97,126)(H,98,115)(H,99,121)(H,100,120)(H,101,123)(H,109,110)(H,111,112)/t43-,44+,49-,50-,51-,52-,53-,54-,55-,56-,57-,58-,64-,65-,66-,67-/m0/s1. The average Bonchev–Trinajstić information content (AvgIpc) is 1.72. The third-order valence-electron chi connectivity index (χ3n) is 20.2. The first-order valence-electron chi connectivity index (χ1n) is 41.2. The molecule has 0 saturated carbocycles. The Balaban J connectivity index is 1.47. The summed E-state index contributed by atoms with van der Waals surface area (Å²) in [5.41, 5.74) is 30.1. The monoisotopic (exact) mass is 1780 g/mol. The third-order valence-corrected chi connectivity index (χ3v) is 20.2. The number of hydrogen-bond acceptors (Lipinski definition) is 25. The van der Waals surface area contributed by atoms with Crippen molar-refractivity contribution in [2.45, 2.75) is 236 Å². The second-order valence-corrected chi connectivity index (χ2v) is 31.7. The summed E-state index contributed by atoms with van der Waals surface area (Å²) in [5.74, 6) is -24.9. The van der Waals surface area contributed by atoms with Crippen LogP contribution in [0.4, 0.5) is 0 Å². The van der Waals surface area contributed by atoms with Crippen molar-refractivity contribution in [3.05, 3.63) is 102 Å². The van der Waals surface area contributed by atoms with Crippen LogP contribution in [0.1, 0.15) is 136 Å². The Morgan fingerprint density at radius 2 is 0.850 bits per heavy atom. The highest BCUT2D eigenvalue weighted by Crippen LogP contribution is 2.23. The molecule has 0 aromatic heterocycles. The number of nitrogens with two attached hydrogens (primary N) is 5. The van der Waals surface area contributed by atoms with E-state index in [1.54, 1.807) is 86.6 Å². The summed E-state index contributed by atoms with van der Waals surface area (Å²) in [7, 11) is 0. The van der Waals surface area contributed by atoms with Crippen molar-refractivity contribution >= 4 is 118 Å². The number of carbonyl (C=O) groups excluding carboxylic acids is 18. The van der Waals surface area contributed by atoms with E-state index in [9.17, 15) is 121 Å². The molecule has 0 radical (unpaired) electrons. The number of benzene rings is 3. The number of rotatable bonds is 54. The molecule has 29 N–H and O–H groups in total. The van der Waals surface area contributed by atoms with E-state index in [4.69, 9.17) is 28.7 Å². The summed E-state index contributed by atoms with van der Waals surface area (Å²) in [6, 6.07) is -2.02. The molecule has 45 nitrogen and oxygen atoms in total. The molecule has 1 heterocycles. The number of nitrogens with one attached hydrogen (secondary N) is 14. The van der Waals surface area contributed by atoms with Gasteiger partial charge in [0.05, 0.1) is 44.6 Å². The molecule has 0 unspecified atom stereocenters. The molecule has 45 heteroatoms. The van der Waals surface area contributed by atoms with Gasteiger partial charge in [0, 0.05) is 25.8 Å². The Labute approximate surface area is 731 Å². The second-order valence-electron chi connectivity index (χ2n) is 31.7. The number of aromatic hydroxyl groups is 1. The van der Waals surface area contributed by atoms with Gasteiger partial charge in [-0.1, -0.05) is 114 Å². The van der Waals surface area contributed by atoms with Crippen molar-refractivity contribution in [2.24, 2.45) is 46.4 Å². The average molecular weight is 1790 g/mol. The molecule has 127 heavy (non-hydrogen) atoms. The second kappa shape index (κ2) is 52.5. The SMILES string of the molecule is CC(C)[C@H](NC(=O)[C@H](CC(N)=O)NC(=O)[C@@H](NC(=O)[C@@H]1CCCN1C(=O)[C@@H](NC(=O)[C@H](Cc1ccccc1)NC(=O)[C@H](CC(N)=O)NC(=O)[C@H](CC(=O)O)NC(=O)[C@H](CCCCN)NC(=O)[C@@H](NC(=O)[C@@H](N)Cc1ccc(O)cc1)C(C)C)C(C)C)[C@@H](C)O)C(=O)NCC(=O)N[C@@H](CO)C(=O)N[C@@H](CCC(=O)O)C(=O)N[C@@H](C)C(=O)N[C@@H](Cc1ccccc1)C(N)=O. The van der Waals surface area contributed by atoms with E-state index in [2.05, 4.69) is 74.4 Å². The third kappa shape index (κ3) is 36.1. The molecule has 1 saturated heterocycles. The van der Waals surface area contributed by atoms with Crippen molar-refractivity contribution in [1.29, 1.82) is 0 Å². The van der Waals surface area contributed by atoms with Crippen LogP contribution in [-0.2, 0) is 115 Å². The number of nitrogens with zero attached hydrogens (tertiary/aromatic N) is 1. The van der Waals surface area contributed by atoms with Gasteiger partial charge in [0.2, 0.25) is 106 Å². The number of carboxylic acid groups (broad SMARTS) is 2. The van der Waals surface area contributed by atoms with Gasteiger partial charge in [0.25, 0.3) is 0 Å². The highest BCUT2D eigenvalue weighted by atomic mass is 16.4. The summed E-state index contributed by atoms with van der Waals surface area (Å²) in [5, 5.41) is 83.3.